The Morgan fingerprint density at radius 2 is 2.19 bits per heavy atom. The number of amides is 1. The van der Waals surface area contributed by atoms with Gasteiger partial charge in [0.1, 0.15) is 5.69 Å². The number of ketones is 1. The molecule has 2 N–H and O–H groups in total. The van der Waals surface area contributed by atoms with Crippen molar-refractivity contribution >= 4 is 11.7 Å². The zero-order valence-electron chi connectivity index (χ0n) is 14.6. The number of carbonyl (C=O) groups excluding carboxylic acids is 2. The van der Waals surface area contributed by atoms with Crippen LogP contribution in [0.3, 0.4) is 0 Å². The molecule has 6 heteroatoms. The third kappa shape index (κ3) is 2.94. The Morgan fingerprint density at radius 3 is 2.96 bits per heavy atom. The highest BCUT2D eigenvalue weighted by Gasteiger charge is 2.26. The highest BCUT2D eigenvalue weighted by Crippen LogP contribution is 2.26. The van der Waals surface area contributed by atoms with Gasteiger partial charge in [-0.1, -0.05) is 12.1 Å². The SMILES string of the molecule is Cc1c(C(=O)NCc2cccc(-n3cccn3)c2)[nH]c2c1C(=O)CCC2. The van der Waals surface area contributed by atoms with Gasteiger partial charge in [0.15, 0.2) is 5.78 Å². The summed E-state index contributed by atoms with van der Waals surface area (Å²) in [4.78, 5) is 27.9. The molecule has 0 saturated carbocycles. The standard InChI is InChI=1S/C20H20N4O2/c1-13-18-16(7-3-8-17(18)25)23-19(13)20(26)21-12-14-5-2-6-15(11-14)24-10-4-9-22-24/h2,4-6,9-11,23H,3,7-8,12H2,1H3,(H,21,26). The maximum absolute atomic E-state index is 12.6. The first-order valence-electron chi connectivity index (χ1n) is 8.75. The molecule has 1 aliphatic rings. The monoisotopic (exact) mass is 348 g/mol. The average molecular weight is 348 g/mol. The largest absolute Gasteiger partial charge is 0.354 e. The van der Waals surface area contributed by atoms with Crippen LogP contribution < -0.4 is 5.32 Å². The Hall–Kier alpha value is -3.15. The molecule has 1 aromatic carbocycles. The number of hydrogen-bond donors (Lipinski definition) is 2. The van der Waals surface area contributed by atoms with Gasteiger partial charge in [0.2, 0.25) is 0 Å². The van der Waals surface area contributed by atoms with Gasteiger partial charge in [0.25, 0.3) is 5.91 Å². The molecule has 1 amide bonds. The zero-order valence-corrected chi connectivity index (χ0v) is 14.6. The van der Waals surface area contributed by atoms with E-state index in [9.17, 15) is 9.59 Å². The number of carbonyl (C=O) groups is 2. The fraction of sp³-hybridized carbons (Fsp3) is 0.250. The lowest BCUT2D eigenvalue weighted by Gasteiger charge is -2.09. The maximum atomic E-state index is 12.6. The maximum Gasteiger partial charge on any atom is 0.268 e. The Morgan fingerprint density at radius 1 is 1.31 bits per heavy atom. The van der Waals surface area contributed by atoms with Crippen LogP contribution >= 0.6 is 0 Å². The average Bonchev–Trinajstić information content (AvgIpc) is 3.29. The second-order valence-electron chi connectivity index (χ2n) is 6.56. The third-order valence-corrected chi connectivity index (χ3v) is 4.80. The number of aryl methyl sites for hydroxylation is 1. The smallest absolute Gasteiger partial charge is 0.268 e. The molecule has 0 unspecified atom stereocenters. The van der Waals surface area contributed by atoms with Crippen LogP contribution in [0.4, 0.5) is 0 Å². The van der Waals surface area contributed by atoms with E-state index < -0.39 is 0 Å². The Kier molecular flexibility index (Phi) is 4.16. The van der Waals surface area contributed by atoms with Gasteiger partial charge >= 0.3 is 0 Å². The van der Waals surface area contributed by atoms with Crippen molar-refractivity contribution in [3.05, 3.63) is 70.8 Å². The van der Waals surface area contributed by atoms with E-state index in [0.29, 0.717) is 24.2 Å². The van der Waals surface area contributed by atoms with E-state index >= 15 is 0 Å². The predicted octanol–water partition coefficient (Wildman–Crippen LogP) is 2.96. The molecule has 0 fully saturated rings. The number of rotatable bonds is 4. The molecule has 26 heavy (non-hydrogen) atoms. The van der Waals surface area contributed by atoms with E-state index in [2.05, 4.69) is 15.4 Å². The summed E-state index contributed by atoms with van der Waals surface area (Å²) in [5.74, 6) is -0.0554. The summed E-state index contributed by atoms with van der Waals surface area (Å²) in [5, 5.41) is 7.16. The molecule has 0 saturated heterocycles. The molecule has 0 radical (unpaired) electrons. The van der Waals surface area contributed by atoms with Gasteiger partial charge in [-0.15, -0.1) is 0 Å². The van der Waals surface area contributed by atoms with Crippen LogP contribution in [0.15, 0.2) is 42.7 Å². The molecule has 6 nitrogen and oxygen atoms in total. The number of nitrogens with one attached hydrogen (secondary N) is 2. The van der Waals surface area contributed by atoms with Gasteiger partial charge in [-0.3, -0.25) is 9.59 Å². The van der Waals surface area contributed by atoms with Crippen molar-refractivity contribution in [3.63, 3.8) is 0 Å². The van der Waals surface area contributed by atoms with Crippen molar-refractivity contribution in [3.8, 4) is 5.69 Å². The van der Waals surface area contributed by atoms with Gasteiger partial charge < -0.3 is 10.3 Å². The lowest BCUT2D eigenvalue weighted by molar-refractivity contribution is 0.0945. The van der Waals surface area contributed by atoms with Gasteiger partial charge in [0, 0.05) is 36.6 Å². The van der Waals surface area contributed by atoms with Crippen LogP contribution in [0.1, 0.15) is 50.5 Å². The lowest BCUT2D eigenvalue weighted by atomic mass is 9.94. The minimum atomic E-state index is -0.186. The molecule has 1 aliphatic carbocycles. The van der Waals surface area contributed by atoms with Gasteiger partial charge in [-0.2, -0.15) is 5.10 Å². The first-order chi connectivity index (χ1) is 12.6. The molecule has 0 spiro atoms. The number of aromatic amines is 1. The fourth-order valence-corrected chi connectivity index (χ4v) is 3.50. The van der Waals surface area contributed by atoms with E-state index in [0.717, 1.165) is 35.3 Å². The van der Waals surface area contributed by atoms with Crippen LogP contribution in [-0.4, -0.2) is 26.5 Å². The second kappa shape index (κ2) is 6.63. The van der Waals surface area contributed by atoms with Crippen LogP contribution in [0.5, 0.6) is 0 Å². The minimum Gasteiger partial charge on any atom is -0.354 e. The minimum absolute atomic E-state index is 0.131. The normalized spacial score (nSPS) is 13.5. The number of aromatic nitrogens is 3. The highest BCUT2D eigenvalue weighted by atomic mass is 16.2. The summed E-state index contributed by atoms with van der Waals surface area (Å²) in [6.07, 6.45) is 5.83. The molecule has 2 heterocycles. The van der Waals surface area contributed by atoms with Crippen LogP contribution in [0.2, 0.25) is 0 Å². The summed E-state index contributed by atoms with van der Waals surface area (Å²) in [5.41, 5.74) is 4.78. The van der Waals surface area contributed by atoms with Crippen molar-refractivity contribution in [2.24, 2.45) is 0 Å². The number of benzene rings is 1. The van der Waals surface area contributed by atoms with Crippen LogP contribution in [0.25, 0.3) is 5.69 Å². The van der Waals surface area contributed by atoms with Crippen LogP contribution in [-0.2, 0) is 13.0 Å². The molecule has 4 rings (SSSR count). The second-order valence-corrected chi connectivity index (χ2v) is 6.56. The first-order valence-corrected chi connectivity index (χ1v) is 8.75. The molecular formula is C20H20N4O2. The summed E-state index contributed by atoms with van der Waals surface area (Å²) in [6, 6.07) is 9.72. The van der Waals surface area contributed by atoms with Crippen molar-refractivity contribution in [2.75, 3.05) is 0 Å². The van der Waals surface area contributed by atoms with E-state index in [4.69, 9.17) is 0 Å². The topological polar surface area (TPSA) is 79.8 Å². The zero-order chi connectivity index (χ0) is 18.1. The number of hydrogen-bond acceptors (Lipinski definition) is 3. The quantitative estimate of drug-likeness (QED) is 0.761. The van der Waals surface area contributed by atoms with Crippen molar-refractivity contribution in [1.29, 1.82) is 0 Å². The highest BCUT2D eigenvalue weighted by molar-refractivity contribution is 6.04. The van der Waals surface area contributed by atoms with E-state index in [-0.39, 0.29) is 11.7 Å². The van der Waals surface area contributed by atoms with Crippen molar-refractivity contribution < 1.29 is 9.59 Å². The first kappa shape index (κ1) is 16.3. The molecule has 3 aromatic rings. The number of fused-ring (bicyclic) bond motifs is 1. The molecule has 0 aliphatic heterocycles. The summed E-state index contributed by atoms with van der Waals surface area (Å²) < 4.78 is 1.78. The molecular weight excluding hydrogens is 328 g/mol. The molecule has 2 aromatic heterocycles. The van der Waals surface area contributed by atoms with E-state index in [1.54, 1.807) is 10.9 Å². The summed E-state index contributed by atoms with van der Waals surface area (Å²) >= 11 is 0. The summed E-state index contributed by atoms with van der Waals surface area (Å²) in [7, 11) is 0. The summed E-state index contributed by atoms with van der Waals surface area (Å²) in [6.45, 7) is 2.25. The lowest BCUT2D eigenvalue weighted by Crippen LogP contribution is -2.24. The molecule has 0 atom stereocenters. The van der Waals surface area contributed by atoms with Crippen molar-refractivity contribution in [2.45, 2.75) is 32.7 Å². The van der Waals surface area contributed by atoms with Gasteiger partial charge in [-0.25, -0.2) is 4.68 Å². The molecule has 132 valence electrons. The predicted molar refractivity (Wildman–Crippen MR) is 97.5 cm³/mol. The number of H-pyrrole nitrogens is 1. The Balaban J connectivity index is 1.50. The van der Waals surface area contributed by atoms with Crippen LogP contribution in [0, 0.1) is 6.92 Å². The Bertz CT molecular complexity index is 970. The Labute approximate surface area is 151 Å². The third-order valence-electron chi connectivity index (χ3n) is 4.80. The van der Waals surface area contributed by atoms with E-state index in [1.165, 1.54) is 0 Å². The fourth-order valence-electron chi connectivity index (χ4n) is 3.50. The number of nitrogens with zero attached hydrogens (tertiary/aromatic N) is 2. The van der Waals surface area contributed by atoms with Crippen molar-refractivity contribution in [1.82, 2.24) is 20.1 Å². The molecule has 0 bridgehead atoms. The van der Waals surface area contributed by atoms with Gasteiger partial charge in [-0.05, 0) is 49.1 Å². The van der Waals surface area contributed by atoms with E-state index in [1.807, 2.05) is 43.5 Å². The van der Waals surface area contributed by atoms with Gasteiger partial charge in [0.05, 0.1) is 5.69 Å². The number of Topliss-reactive ketones (excluding diaryl/α,β-unsaturated/α-hetero) is 1.